The molecule has 0 saturated heterocycles. The second-order valence-electron chi connectivity index (χ2n) is 7.11. The van der Waals surface area contributed by atoms with E-state index in [9.17, 15) is 9.59 Å². The molecule has 0 aromatic heterocycles. The lowest BCUT2D eigenvalue weighted by atomic mass is 10.1. The van der Waals surface area contributed by atoms with Gasteiger partial charge in [0.1, 0.15) is 5.75 Å². The molecule has 3 aromatic rings. The highest BCUT2D eigenvalue weighted by atomic mass is 35.5. The third-order valence-corrected chi connectivity index (χ3v) is 5.06. The number of benzene rings is 3. The van der Waals surface area contributed by atoms with Crippen LogP contribution in [-0.4, -0.2) is 31.8 Å². The quantitative estimate of drug-likeness (QED) is 0.225. The second-order valence-corrected chi connectivity index (χ2v) is 7.51. The monoisotopic (exact) mass is 466 g/mol. The van der Waals surface area contributed by atoms with Gasteiger partial charge in [0.05, 0.1) is 23.9 Å². The molecule has 0 aliphatic carbocycles. The number of carbonyl (C=O) groups excluding carboxylic acids is 2. The smallest absolute Gasteiger partial charge is 0.345 e. The van der Waals surface area contributed by atoms with Crippen LogP contribution in [0, 0.1) is 13.8 Å². The molecule has 0 aliphatic heterocycles. The number of ether oxygens (including phenoxy) is 3. The summed E-state index contributed by atoms with van der Waals surface area (Å²) in [6.07, 6.45) is 1.44. The van der Waals surface area contributed by atoms with E-state index in [1.807, 2.05) is 32.0 Å². The number of nitrogens with zero attached hydrogens (tertiary/aromatic N) is 1. The summed E-state index contributed by atoms with van der Waals surface area (Å²) >= 11 is 6.04. The Bertz CT molecular complexity index is 1190. The van der Waals surface area contributed by atoms with Gasteiger partial charge in [-0.3, -0.25) is 4.79 Å². The summed E-state index contributed by atoms with van der Waals surface area (Å²) in [7, 11) is 1.45. The minimum absolute atomic E-state index is 0.167. The highest BCUT2D eigenvalue weighted by Crippen LogP contribution is 2.29. The van der Waals surface area contributed by atoms with Crippen molar-refractivity contribution in [2.24, 2.45) is 5.10 Å². The third-order valence-electron chi connectivity index (χ3n) is 4.74. The maximum Gasteiger partial charge on any atom is 0.345 e. The van der Waals surface area contributed by atoms with Crippen LogP contribution in [0.1, 0.15) is 27.0 Å². The van der Waals surface area contributed by atoms with Gasteiger partial charge in [0.15, 0.2) is 18.1 Å². The number of hydrogen-bond donors (Lipinski definition) is 1. The zero-order valence-electron chi connectivity index (χ0n) is 18.4. The molecule has 0 bridgehead atoms. The molecule has 0 unspecified atom stereocenters. The Morgan fingerprint density at radius 3 is 2.52 bits per heavy atom. The molecule has 0 aliphatic rings. The van der Waals surface area contributed by atoms with Crippen LogP contribution in [0.4, 0.5) is 0 Å². The predicted octanol–water partition coefficient (Wildman–Crippen LogP) is 4.71. The van der Waals surface area contributed by atoms with Crippen LogP contribution < -0.4 is 19.6 Å². The van der Waals surface area contributed by atoms with Crippen LogP contribution in [-0.2, 0) is 4.79 Å². The van der Waals surface area contributed by atoms with Crippen LogP contribution in [0.3, 0.4) is 0 Å². The first-order chi connectivity index (χ1) is 15.9. The first kappa shape index (κ1) is 23.8. The van der Waals surface area contributed by atoms with Crippen molar-refractivity contribution in [3.63, 3.8) is 0 Å². The number of carbonyl (C=O) groups is 2. The molecule has 33 heavy (non-hydrogen) atoms. The SMILES string of the molecule is COc1cc(C=NNC(=O)COc2ccc(C)c(C)c2)ccc1OC(=O)c1ccccc1Cl. The van der Waals surface area contributed by atoms with E-state index in [2.05, 4.69) is 10.5 Å². The molecule has 170 valence electrons. The van der Waals surface area contributed by atoms with Gasteiger partial charge >= 0.3 is 5.97 Å². The molecular formula is C25H23ClN2O5. The lowest BCUT2D eigenvalue weighted by Crippen LogP contribution is -2.24. The number of methoxy groups -OCH3 is 1. The van der Waals surface area contributed by atoms with Gasteiger partial charge in [-0.2, -0.15) is 5.10 Å². The van der Waals surface area contributed by atoms with Gasteiger partial charge in [-0.1, -0.05) is 29.8 Å². The zero-order chi connectivity index (χ0) is 23.8. The molecule has 8 heteroatoms. The van der Waals surface area contributed by atoms with Crippen molar-refractivity contribution >= 4 is 29.7 Å². The summed E-state index contributed by atoms with van der Waals surface area (Å²) in [5.41, 5.74) is 5.51. The van der Waals surface area contributed by atoms with Crippen LogP contribution in [0.25, 0.3) is 0 Å². The standard InChI is InChI=1S/C25H23ClN2O5/c1-16-8-10-19(12-17(16)2)32-15-24(29)28-27-14-18-9-11-22(23(13-18)31-3)33-25(30)20-6-4-5-7-21(20)26/h4-14H,15H2,1-3H3,(H,28,29). The van der Waals surface area contributed by atoms with Crippen LogP contribution in [0.2, 0.25) is 5.02 Å². The van der Waals surface area contributed by atoms with E-state index in [1.165, 1.54) is 13.3 Å². The number of esters is 1. The fraction of sp³-hybridized carbons (Fsp3) is 0.160. The van der Waals surface area contributed by atoms with Crippen LogP contribution in [0.15, 0.2) is 65.8 Å². The van der Waals surface area contributed by atoms with E-state index in [1.54, 1.807) is 42.5 Å². The fourth-order valence-electron chi connectivity index (χ4n) is 2.79. The molecule has 0 spiro atoms. The largest absolute Gasteiger partial charge is 0.493 e. The second kappa shape index (κ2) is 11.2. The van der Waals surface area contributed by atoms with Crippen molar-refractivity contribution in [1.29, 1.82) is 0 Å². The van der Waals surface area contributed by atoms with Gasteiger partial charge < -0.3 is 14.2 Å². The Morgan fingerprint density at radius 1 is 1.00 bits per heavy atom. The summed E-state index contributed by atoms with van der Waals surface area (Å²) in [5, 5.41) is 4.22. The lowest BCUT2D eigenvalue weighted by molar-refractivity contribution is -0.123. The van der Waals surface area contributed by atoms with Crippen LogP contribution >= 0.6 is 11.6 Å². The van der Waals surface area contributed by atoms with Crippen molar-refractivity contribution in [1.82, 2.24) is 5.43 Å². The van der Waals surface area contributed by atoms with Crippen molar-refractivity contribution in [2.75, 3.05) is 13.7 Å². The number of halogens is 1. The Labute approximate surface area is 196 Å². The van der Waals surface area contributed by atoms with Gasteiger partial charge in [0.2, 0.25) is 0 Å². The predicted molar refractivity (Wildman–Crippen MR) is 127 cm³/mol. The van der Waals surface area contributed by atoms with Gasteiger partial charge in [-0.25, -0.2) is 10.2 Å². The third kappa shape index (κ3) is 6.57. The Hall–Kier alpha value is -3.84. The van der Waals surface area contributed by atoms with Crippen LogP contribution in [0.5, 0.6) is 17.2 Å². The molecular weight excluding hydrogens is 444 g/mol. The van der Waals surface area contributed by atoms with Crippen molar-refractivity contribution < 1.29 is 23.8 Å². The first-order valence-electron chi connectivity index (χ1n) is 10.0. The Morgan fingerprint density at radius 2 is 1.79 bits per heavy atom. The summed E-state index contributed by atoms with van der Waals surface area (Å²) in [4.78, 5) is 24.4. The number of hydrazone groups is 1. The van der Waals surface area contributed by atoms with E-state index in [-0.39, 0.29) is 17.9 Å². The molecule has 3 aromatic carbocycles. The van der Waals surface area contributed by atoms with Crippen molar-refractivity contribution in [2.45, 2.75) is 13.8 Å². The molecule has 0 fully saturated rings. The lowest BCUT2D eigenvalue weighted by Gasteiger charge is -2.10. The average Bonchev–Trinajstić information content (AvgIpc) is 2.81. The van der Waals surface area contributed by atoms with Crippen molar-refractivity contribution in [3.8, 4) is 17.2 Å². The van der Waals surface area contributed by atoms with Gasteiger partial charge in [-0.05, 0) is 73.0 Å². The van der Waals surface area contributed by atoms with E-state index in [0.29, 0.717) is 22.1 Å². The van der Waals surface area contributed by atoms with E-state index < -0.39 is 11.9 Å². The summed E-state index contributed by atoms with van der Waals surface area (Å²) in [6, 6.07) is 17.1. The fourth-order valence-corrected chi connectivity index (χ4v) is 3.01. The minimum Gasteiger partial charge on any atom is -0.493 e. The molecule has 3 rings (SSSR count). The van der Waals surface area contributed by atoms with E-state index in [4.69, 9.17) is 25.8 Å². The molecule has 0 radical (unpaired) electrons. The zero-order valence-corrected chi connectivity index (χ0v) is 19.2. The summed E-state index contributed by atoms with van der Waals surface area (Å²) in [6.45, 7) is 3.81. The first-order valence-corrected chi connectivity index (χ1v) is 10.4. The topological polar surface area (TPSA) is 86.2 Å². The van der Waals surface area contributed by atoms with E-state index in [0.717, 1.165) is 11.1 Å². The van der Waals surface area contributed by atoms with Crippen molar-refractivity contribution in [3.05, 3.63) is 87.9 Å². The van der Waals surface area contributed by atoms with E-state index >= 15 is 0 Å². The average molecular weight is 467 g/mol. The Balaban J connectivity index is 1.57. The Kier molecular flexibility index (Phi) is 8.05. The number of rotatable bonds is 8. The van der Waals surface area contributed by atoms with Gasteiger partial charge in [0, 0.05) is 0 Å². The maximum atomic E-state index is 12.4. The minimum atomic E-state index is -0.601. The number of aryl methyl sites for hydroxylation is 2. The molecule has 0 heterocycles. The highest BCUT2D eigenvalue weighted by molar-refractivity contribution is 6.33. The normalized spacial score (nSPS) is 10.7. The molecule has 1 amide bonds. The number of hydrogen-bond acceptors (Lipinski definition) is 6. The summed E-state index contributed by atoms with van der Waals surface area (Å²) in [5.74, 6) is 0.163. The van der Waals surface area contributed by atoms with Gasteiger partial charge in [0.25, 0.3) is 5.91 Å². The van der Waals surface area contributed by atoms with Gasteiger partial charge in [-0.15, -0.1) is 0 Å². The molecule has 0 saturated carbocycles. The molecule has 0 atom stereocenters. The number of nitrogens with one attached hydrogen (secondary N) is 1. The molecule has 1 N–H and O–H groups in total. The number of amides is 1. The highest BCUT2D eigenvalue weighted by Gasteiger charge is 2.15. The summed E-state index contributed by atoms with van der Waals surface area (Å²) < 4.78 is 16.2. The maximum absolute atomic E-state index is 12.4. The molecule has 7 nitrogen and oxygen atoms in total.